The van der Waals surface area contributed by atoms with Gasteiger partial charge in [0, 0.05) is 18.3 Å². The fourth-order valence-electron chi connectivity index (χ4n) is 1.48. The topological polar surface area (TPSA) is 80.5 Å². The zero-order valence-electron chi connectivity index (χ0n) is 11.5. The molecule has 2 rings (SSSR count). The van der Waals surface area contributed by atoms with Crippen molar-refractivity contribution < 1.29 is 27.3 Å². The Morgan fingerprint density at radius 2 is 2.14 bits per heavy atom. The van der Waals surface area contributed by atoms with Gasteiger partial charge in [0.25, 0.3) is 0 Å². The Bertz CT molecular complexity index is 672. The number of hydrogen-bond acceptors (Lipinski definition) is 5. The number of alkyl halides is 3. The molecule has 1 heterocycles. The molecule has 0 radical (unpaired) electrons. The molecule has 0 aliphatic carbocycles. The van der Waals surface area contributed by atoms with E-state index in [9.17, 15) is 18.0 Å². The second-order valence-electron chi connectivity index (χ2n) is 4.11. The zero-order chi connectivity index (χ0) is 16.3. The van der Waals surface area contributed by atoms with Gasteiger partial charge in [0.1, 0.15) is 0 Å². The van der Waals surface area contributed by atoms with Crippen molar-refractivity contribution in [2.24, 2.45) is 0 Å². The summed E-state index contributed by atoms with van der Waals surface area (Å²) in [4.78, 5) is 19.6. The number of hydroxylamine groups is 2. The van der Waals surface area contributed by atoms with Crippen LogP contribution in [0.3, 0.4) is 0 Å². The highest BCUT2D eigenvalue weighted by molar-refractivity contribution is 5.89. The lowest BCUT2D eigenvalue weighted by molar-refractivity contribution is -0.159. The molecule has 0 aliphatic rings. The number of rotatable bonds is 3. The summed E-state index contributed by atoms with van der Waals surface area (Å²) in [6.45, 7) is 0. The minimum absolute atomic E-state index is 0.233. The van der Waals surface area contributed by atoms with Gasteiger partial charge >= 0.3 is 18.1 Å². The number of anilines is 1. The van der Waals surface area contributed by atoms with Gasteiger partial charge in [0.2, 0.25) is 5.82 Å². The monoisotopic (exact) mass is 316 g/mol. The number of amides is 2. The Balaban J connectivity index is 2.21. The maximum absolute atomic E-state index is 12.4. The molecule has 7 nitrogen and oxygen atoms in total. The highest BCUT2D eigenvalue weighted by Gasteiger charge is 2.38. The molecule has 1 aromatic carbocycles. The smallest absolute Gasteiger partial charge is 0.329 e. The summed E-state index contributed by atoms with van der Waals surface area (Å²) >= 11 is 0. The van der Waals surface area contributed by atoms with Gasteiger partial charge < -0.3 is 9.84 Å². The van der Waals surface area contributed by atoms with Crippen LogP contribution in [0.4, 0.5) is 23.7 Å². The Kier molecular flexibility index (Phi) is 4.31. The Hall–Kier alpha value is -2.62. The summed E-state index contributed by atoms with van der Waals surface area (Å²) in [5.74, 6) is -1.67. The number of halogens is 3. The van der Waals surface area contributed by atoms with E-state index in [0.717, 1.165) is 5.06 Å². The lowest BCUT2D eigenvalue weighted by Crippen LogP contribution is -2.30. The van der Waals surface area contributed by atoms with Crippen molar-refractivity contribution in [3.05, 3.63) is 30.2 Å². The summed E-state index contributed by atoms with van der Waals surface area (Å²) < 4.78 is 41.4. The van der Waals surface area contributed by atoms with Crippen molar-refractivity contribution in [1.82, 2.24) is 15.2 Å². The van der Waals surface area contributed by atoms with Crippen molar-refractivity contribution in [2.45, 2.75) is 6.18 Å². The molecule has 0 unspecified atom stereocenters. The highest BCUT2D eigenvalue weighted by atomic mass is 19.4. The SMILES string of the molecule is CON(C)C(=O)Nc1cccc(-c2noc(C(F)(F)F)n2)c1. The van der Waals surface area contributed by atoms with E-state index in [-0.39, 0.29) is 11.4 Å². The molecule has 0 saturated carbocycles. The number of hydrogen-bond donors (Lipinski definition) is 1. The maximum Gasteiger partial charge on any atom is 0.471 e. The third kappa shape index (κ3) is 3.52. The van der Waals surface area contributed by atoms with Gasteiger partial charge in [0.05, 0.1) is 7.11 Å². The number of nitrogens with one attached hydrogen (secondary N) is 1. The van der Waals surface area contributed by atoms with E-state index in [1.165, 1.54) is 32.4 Å². The molecule has 2 aromatic rings. The van der Waals surface area contributed by atoms with Crippen LogP contribution < -0.4 is 5.32 Å². The number of carbonyl (C=O) groups excluding carboxylic acids is 1. The van der Waals surface area contributed by atoms with E-state index < -0.39 is 18.1 Å². The van der Waals surface area contributed by atoms with Crippen LogP contribution in [0.15, 0.2) is 28.8 Å². The van der Waals surface area contributed by atoms with Gasteiger partial charge in [-0.25, -0.2) is 9.86 Å². The van der Waals surface area contributed by atoms with Crippen LogP contribution in [0, 0.1) is 0 Å². The molecule has 118 valence electrons. The summed E-state index contributed by atoms with van der Waals surface area (Å²) in [5.41, 5.74) is 0.599. The Labute approximate surface area is 122 Å². The summed E-state index contributed by atoms with van der Waals surface area (Å²) in [6, 6.07) is 5.42. The zero-order valence-corrected chi connectivity index (χ0v) is 11.5. The number of nitrogens with zero attached hydrogens (tertiary/aromatic N) is 3. The van der Waals surface area contributed by atoms with Gasteiger partial charge in [-0.1, -0.05) is 17.3 Å². The first-order valence-corrected chi connectivity index (χ1v) is 5.91. The average molecular weight is 316 g/mol. The Morgan fingerprint density at radius 1 is 1.41 bits per heavy atom. The molecule has 1 N–H and O–H groups in total. The highest BCUT2D eigenvalue weighted by Crippen LogP contribution is 2.29. The Morgan fingerprint density at radius 3 is 2.73 bits per heavy atom. The predicted octanol–water partition coefficient (Wildman–Crippen LogP) is 2.78. The number of aromatic nitrogens is 2. The molecule has 0 aliphatic heterocycles. The van der Waals surface area contributed by atoms with E-state index in [1.54, 1.807) is 6.07 Å². The van der Waals surface area contributed by atoms with E-state index in [4.69, 9.17) is 4.84 Å². The molecule has 2 amide bonds. The van der Waals surface area contributed by atoms with E-state index in [2.05, 4.69) is 20.0 Å². The van der Waals surface area contributed by atoms with Crippen molar-refractivity contribution in [1.29, 1.82) is 0 Å². The molecule has 1 aromatic heterocycles. The standard InChI is InChI=1S/C12H11F3N4O3/c1-19(21-2)11(20)16-8-5-3-4-7(6-8)9-17-10(22-18-9)12(13,14)15/h3-6H,1-2H3,(H,16,20). The molecule has 10 heteroatoms. The van der Waals surface area contributed by atoms with Crippen molar-refractivity contribution in [3.8, 4) is 11.4 Å². The van der Waals surface area contributed by atoms with Crippen LogP contribution in [0.2, 0.25) is 0 Å². The minimum Gasteiger partial charge on any atom is -0.329 e. The largest absolute Gasteiger partial charge is 0.471 e. The summed E-state index contributed by atoms with van der Waals surface area (Å²) in [6.07, 6.45) is -4.71. The number of carbonyl (C=O) groups is 1. The quantitative estimate of drug-likeness (QED) is 0.881. The van der Waals surface area contributed by atoms with Crippen LogP contribution in [-0.4, -0.2) is 35.4 Å². The molecular weight excluding hydrogens is 305 g/mol. The molecular formula is C12H11F3N4O3. The molecule has 0 fully saturated rings. The number of benzene rings is 1. The minimum atomic E-state index is -4.71. The van der Waals surface area contributed by atoms with Crippen LogP contribution >= 0.6 is 0 Å². The fraction of sp³-hybridized carbons (Fsp3) is 0.250. The lowest BCUT2D eigenvalue weighted by Gasteiger charge is -2.14. The van der Waals surface area contributed by atoms with Gasteiger partial charge in [-0.2, -0.15) is 18.2 Å². The summed E-state index contributed by atoms with van der Waals surface area (Å²) in [7, 11) is 2.71. The molecule has 22 heavy (non-hydrogen) atoms. The lowest BCUT2D eigenvalue weighted by atomic mass is 10.2. The third-order valence-electron chi connectivity index (χ3n) is 2.60. The average Bonchev–Trinajstić information content (AvgIpc) is 2.96. The van der Waals surface area contributed by atoms with Crippen LogP contribution in [-0.2, 0) is 11.0 Å². The first kappa shape index (κ1) is 15.8. The van der Waals surface area contributed by atoms with Crippen molar-refractivity contribution in [3.63, 3.8) is 0 Å². The fourth-order valence-corrected chi connectivity index (χ4v) is 1.48. The van der Waals surface area contributed by atoms with Gasteiger partial charge in [-0.15, -0.1) is 0 Å². The number of urea groups is 1. The van der Waals surface area contributed by atoms with Crippen LogP contribution in [0.5, 0.6) is 0 Å². The van der Waals surface area contributed by atoms with Crippen molar-refractivity contribution >= 4 is 11.7 Å². The van der Waals surface area contributed by atoms with Crippen molar-refractivity contribution in [2.75, 3.05) is 19.5 Å². The van der Waals surface area contributed by atoms with E-state index in [0.29, 0.717) is 5.69 Å². The van der Waals surface area contributed by atoms with Crippen LogP contribution in [0.25, 0.3) is 11.4 Å². The van der Waals surface area contributed by atoms with Gasteiger partial charge in [0.15, 0.2) is 0 Å². The second kappa shape index (κ2) is 6.02. The second-order valence-corrected chi connectivity index (χ2v) is 4.11. The predicted molar refractivity (Wildman–Crippen MR) is 68.5 cm³/mol. The van der Waals surface area contributed by atoms with E-state index >= 15 is 0 Å². The van der Waals surface area contributed by atoms with Gasteiger partial charge in [-0.3, -0.25) is 4.84 Å². The molecule has 0 atom stereocenters. The molecule has 0 saturated heterocycles. The first-order chi connectivity index (χ1) is 10.3. The van der Waals surface area contributed by atoms with E-state index in [1.807, 2.05) is 0 Å². The van der Waals surface area contributed by atoms with Crippen LogP contribution in [0.1, 0.15) is 5.89 Å². The maximum atomic E-state index is 12.4. The van der Waals surface area contributed by atoms with Gasteiger partial charge in [-0.05, 0) is 12.1 Å². The normalized spacial score (nSPS) is 11.3. The molecule has 0 bridgehead atoms. The first-order valence-electron chi connectivity index (χ1n) is 5.91. The third-order valence-corrected chi connectivity index (χ3v) is 2.60. The summed E-state index contributed by atoms with van der Waals surface area (Å²) in [5, 5.41) is 6.71. The molecule has 0 spiro atoms.